The molecule has 3 atom stereocenters. The predicted octanol–water partition coefficient (Wildman–Crippen LogP) is 5.08. The molecule has 134 valence electrons. The number of benzene rings is 2. The first-order chi connectivity index (χ1) is 13.1. The number of nitrogens with one attached hydrogen (secondary N) is 1. The van der Waals surface area contributed by atoms with Crippen LogP contribution in [0.2, 0.25) is 0 Å². The van der Waals surface area contributed by atoms with E-state index < -0.39 is 11.8 Å². The van der Waals surface area contributed by atoms with Crippen molar-refractivity contribution in [1.82, 2.24) is 0 Å². The van der Waals surface area contributed by atoms with Gasteiger partial charge in [-0.3, -0.25) is 10.2 Å². The molecule has 1 N–H and O–H groups in total. The van der Waals surface area contributed by atoms with E-state index in [2.05, 4.69) is 22.0 Å². The summed E-state index contributed by atoms with van der Waals surface area (Å²) in [6, 6.07) is 19.7. The fourth-order valence-corrected chi connectivity index (χ4v) is 4.24. The highest BCUT2D eigenvalue weighted by Gasteiger charge is 2.44. The summed E-state index contributed by atoms with van der Waals surface area (Å²) < 4.78 is 6.63. The van der Waals surface area contributed by atoms with Crippen molar-refractivity contribution in [3.63, 3.8) is 0 Å². The Balaban J connectivity index is 1.78. The molecule has 0 spiro atoms. The molecular formula is C22H17BrN2O2. The molecule has 1 aliphatic heterocycles. The van der Waals surface area contributed by atoms with Crippen molar-refractivity contribution < 1.29 is 9.53 Å². The van der Waals surface area contributed by atoms with Gasteiger partial charge in [-0.1, -0.05) is 58.4 Å². The van der Waals surface area contributed by atoms with Gasteiger partial charge in [0.15, 0.2) is 5.78 Å². The Kier molecular flexibility index (Phi) is 4.67. The first-order valence-electron chi connectivity index (χ1n) is 8.81. The van der Waals surface area contributed by atoms with E-state index in [1.54, 1.807) is 0 Å². The average Bonchev–Trinajstić information content (AvgIpc) is 2.68. The summed E-state index contributed by atoms with van der Waals surface area (Å²) in [7, 11) is 0. The fourth-order valence-electron chi connectivity index (χ4n) is 3.98. The monoisotopic (exact) mass is 420 g/mol. The van der Waals surface area contributed by atoms with Gasteiger partial charge >= 0.3 is 0 Å². The van der Waals surface area contributed by atoms with E-state index in [9.17, 15) is 10.1 Å². The third-order valence-electron chi connectivity index (χ3n) is 5.26. The molecular weight excluding hydrogens is 404 g/mol. The van der Waals surface area contributed by atoms with Gasteiger partial charge in [0.05, 0.1) is 6.07 Å². The lowest BCUT2D eigenvalue weighted by Crippen LogP contribution is -2.36. The number of ether oxygens (including phenoxy) is 1. The highest BCUT2D eigenvalue weighted by atomic mass is 79.9. The van der Waals surface area contributed by atoms with Crippen molar-refractivity contribution in [2.45, 2.75) is 24.7 Å². The van der Waals surface area contributed by atoms with Gasteiger partial charge in [0.1, 0.15) is 11.7 Å². The Morgan fingerprint density at radius 2 is 1.74 bits per heavy atom. The second-order valence-electron chi connectivity index (χ2n) is 6.88. The topological polar surface area (TPSA) is 73.9 Å². The zero-order chi connectivity index (χ0) is 19.0. The van der Waals surface area contributed by atoms with Crippen LogP contribution in [0.3, 0.4) is 0 Å². The van der Waals surface area contributed by atoms with Gasteiger partial charge in [-0.15, -0.1) is 0 Å². The third-order valence-corrected chi connectivity index (χ3v) is 5.79. The number of nitrogens with zero attached hydrogens (tertiary/aromatic N) is 1. The highest BCUT2D eigenvalue weighted by molar-refractivity contribution is 9.10. The number of nitriles is 1. The molecule has 0 fully saturated rings. The standard InChI is InChI=1S/C22H17BrN2O2/c23-16-8-6-14(7-9-16)20-17(12-24)22(25)27-19-11-15(10-18(26)21(19)20)13-4-2-1-3-5-13/h1-9,15,17,20,25H,10-11H2. The van der Waals surface area contributed by atoms with Crippen molar-refractivity contribution in [3.05, 3.63) is 81.5 Å². The molecule has 1 heterocycles. The van der Waals surface area contributed by atoms with Gasteiger partial charge in [0.2, 0.25) is 5.90 Å². The van der Waals surface area contributed by atoms with Crippen LogP contribution in [-0.2, 0) is 9.53 Å². The first kappa shape index (κ1) is 17.7. The molecule has 27 heavy (non-hydrogen) atoms. The van der Waals surface area contributed by atoms with Crippen molar-refractivity contribution in [3.8, 4) is 6.07 Å². The van der Waals surface area contributed by atoms with Crippen LogP contribution in [0.25, 0.3) is 0 Å². The molecule has 0 amide bonds. The molecule has 0 aromatic heterocycles. The van der Waals surface area contributed by atoms with E-state index in [4.69, 9.17) is 10.1 Å². The predicted molar refractivity (Wildman–Crippen MR) is 105 cm³/mol. The number of Topliss-reactive ketones (excluding diaryl/α,β-unsaturated/α-hetero) is 1. The Bertz CT molecular complexity index is 974. The Morgan fingerprint density at radius 1 is 1.04 bits per heavy atom. The van der Waals surface area contributed by atoms with Crippen LogP contribution in [0.15, 0.2) is 70.4 Å². The smallest absolute Gasteiger partial charge is 0.205 e. The summed E-state index contributed by atoms with van der Waals surface area (Å²) in [6.07, 6.45) is 0.962. The van der Waals surface area contributed by atoms with Crippen molar-refractivity contribution in [1.29, 1.82) is 10.7 Å². The van der Waals surface area contributed by atoms with E-state index in [1.807, 2.05) is 54.6 Å². The van der Waals surface area contributed by atoms with Crippen LogP contribution >= 0.6 is 15.9 Å². The van der Waals surface area contributed by atoms with Gasteiger partial charge in [-0.2, -0.15) is 5.26 Å². The van der Waals surface area contributed by atoms with Crippen molar-refractivity contribution in [2.24, 2.45) is 5.92 Å². The molecule has 0 bridgehead atoms. The second-order valence-corrected chi connectivity index (χ2v) is 7.79. The lowest BCUT2D eigenvalue weighted by atomic mass is 9.71. The number of ketones is 1. The Hall–Kier alpha value is -2.71. The lowest BCUT2D eigenvalue weighted by Gasteiger charge is -2.36. The molecule has 2 aliphatic rings. The second kappa shape index (κ2) is 7.13. The van der Waals surface area contributed by atoms with Gasteiger partial charge in [0.25, 0.3) is 0 Å². The van der Waals surface area contributed by atoms with Crippen LogP contribution in [-0.4, -0.2) is 11.7 Å². The van der Waals surface area contributed by atoms with E-state index >= 15 is 0 Å². The first-order valence-corrected chi connectivity index (χ1v) is 9.60. The number of carbonyl (C=O) groups is 1. The summed E-state index contributed by atoms with van der Waals surface area (Å²) in [4.78, 5) is 13.1. The van der Waals surface area contributed by atoms with E-state index in [0.717, 1.165) is 15.6 Å². The number of carbonyl (C=O) groups excluding carboxylic acids is 1. The van der Waals surface area contributed by atoms with Crippen LogP contribution in [0.1, 0.15) is 35.8 Å². The molecule has 4 nitrogen and oxygen atoms in total. The molecule has 5 heteroatoms. The summed E-state index contributed by atoms with van der Waals surface area (Å²) >= 11 is 3.42. The number of rotatable bonds is 2. The van der Waals surface area contributed by atoms with Gasteiger partial charge < -0.3 is 4.74 Å². The molecule has 0 saturated carbocycles. The van der Waals surface area contributed by atoms with Crippen molar-refractivity contribution >= 4 is 27.6 Å². The van der Waals surface area contributed by atoms with Gasteiger partial charge in [-0.25, -0.2) is 0 Å². The molecule has 2 aromatic carbocycles. The molecule has 3 unspecified atom stereocenters. The summed E-state index contributed by atoms with van der Waals surface area (Å²) in [5.74, 6) is -0.735. The van der Waals surface area contributed by atoms with Crippen LogP contribution in [0.5, 0.6) is 0 Å². The quantitative estimate of drug-likeness (QED) is 0.735. The lowest BCUT2D eigenvalue weighted by molar-refractivity contribution is -0.117. The maximum Gasteiger partial charge on any atom is 0.205 e. The maximum absolute atomic E-state index is 13.1. The minimum atomic E-state index is -0.790. The third kappa shape index (κ3) is 3.22. The maximum atomic E-state index is 13.1. The van der Waals surface area contributed by atoms with Crippen LogP contribution < -0.4 is 0 Å². The molecule has 2 aromatic rings. The Labute approximate surface area is 166 Å². The number of allylic oxidation sites excluding steroid dienone is 2. The minimum absolute atomic E-state index is 0.00534. The molecule has 4 rings (SSSR count). The molecule has 0 saturated heterocycles. The number of hydrogen-bond donors (Lipinski definition) is 1. The Morgan fingerprint density at radius 3 is 2.41 bits per heavy atom. The molecule has 1 aliphatic carbocycles. The summed E-state index contributed by atoms with van der Waals surface area (Å²) in [5.41, 5.74) is 2.51. The van der Waals surface area contributed by atoms with Gasteiger partial charge in [-0.05, 0) is 29.2 Å². The number of hydrogen-bond acceptors (Lipinski definition) is 4. The zero-order valence-electron chi connectivity index (χ0n) is 14.5. The normalized spacial score (nSPS) is 24.8. The van der Waals surface area contributed by atoms with Gasteiger partial charge in [0, 0.05) is 28.8 Å². The van der Waals surface area contributed by atoms with Crippen LogP contribution in [0.4, 0.5) is 0 Å². The number of halogens is 1. The zero-order valence-corrected chi connectivity index (χ0v) is 16.1. The largest absolute Gasteiger partial charge is 0.446 e. The minimum Gasteiger partial charge on any atom is -0.446 e. The SMILES string of the molecule is N#CC1C(=N)OC2=C(C(=O)CC(c3ccccc3)C2)C1c1ccc(Br)cc1. The van der Waals surface area contributed by atoms with Crippen molar-refractivity contribution in [2.75, 3.05) is 0 Å². The molecule has 0 radical (unpaired) electrons. The summed E-state index contributed by atoms with van der Waals surface area (Å²) in [6.45, 7) is 0. The fraction of sp³-hybridized carbons (Fsp3) is 0.227. The van der Waals surface area contributed by atoms with Crippen LogP contribution in [0, 0.1) is 22.7 Å². The van der Waals surface area contributed by atoms with E-state index in [-0.39, 0.29) is 17.6 Å². The van der Waals surface area contributed by atoms with E-state index in [1.165, 1.54) is 0 Å². The highest BCUT2D eigenvalue weighted by Crippen LogP contribution is 2.46. The summed E-state index contributed by atoms with van der Waals surface area (Å²) in [5, 5.41) is 17.9. The average molecular weight is 421 g/mol. The van der Waals surface area contributed by atoms with E-state index in [0.29, 0.717) is 24.2 Å².